The topological polar surface area (TPSA) is 62.3 Å². The number of nitrogens with two attached hydrogens (primary N) is 1. The van der Waals surface area contributed by atoms with Crippen molar-refractivity contribution in [1.29, 1.82) is 0 Å². The number of rotatable bonds is 7. The van der Waals surface area contributed by atoms with E-state index in [4.69, 9.17) is 15.2 Å². The molecular weight excluding hydrogens is 273 g/mol. The van der Waals surface area contributed by atoms with E-state index in [1.165, 1.54) is 13.2 Å². The molecule has 2 N–H and O–H groups in total. The van der Waals surface area contributed by atoms with Gasteiger partial charge in [-0.1, -0.05) is 13.8 Å². The number of nitrogen functional groups attached to an aromatic ring is 1. The lowest BCUT2D eigenvalue weighted by Gasteiger charge is -2.09. The van der Waals surface area contributed by atoms with E-state index >= 15 is 0 Å². The molecule has 0 atom stereocenters. The third kappa shape index (κ3) is 3.64. The molecule has 0 aliphatic heterocycles. The Kier molecular flexibility index (Phi) is 5.01. The zero-order chi connectivity index (χ0) is 15.4. The van der Waals surface area contributed by atoms with Crippen molar-refractivity contribution in [2.45, 2.75) is 26.8 Å². The van der Waals surface area contributed by atoms with Crippen molar-refractivity contribution in [2.24, 2.45) is 5.92 Å². The molecule has 5 nitrogen and oxygen atoms in total. The number of anilines is 1. The fraction of sp³-hybridized carbons (Fsp3) is 0.533. The van der Waals surface area contributed by atoms with Gasteiger partial charge in [0, 0.05) is 31.9 Å². The molecule has 0 aliphatic carbocycles. The van der Waals surface area contributed by atoms with E-state index < -0.39 is 5.82 Å². The van der Waals surface area contributed by atoms with Crippen LogP contribution in [0.4, 0.5) is 10.3 Å². The molecule has 0 fully saturated rings. The van der Waals surface area contributed by atoms with Crippen molar-refractivity contribution >= 4 is 17.0 Å². The average Bonchev–Trinajstić information content (AvgIpc) is 2.72. The first-order valence-corrected chi connectivity index (χ1v) is 7.10. The number of aryl methyl sites for hydroxylation is 1. The summed E-state index contributed by atoms with van der Waals surface area (Å²) in [5.74, 6) is 0.660. The van der Waals surface area contributed by atoms with Crippen LogP contribution in [0.25, 0.3) is 11.0 Å². The Morgan fingerprint density at radius 2 is 2.14 bits per heavy atom. The smallest absolute Gasteiger partial charge is 0.201 e. The SMILES string of the molecule is COc1cc2c(cc1F)nc(N)n2CCCOCC(C)C. The lowest BCUT2D eigenvalue weighted by Crippen LogP contribution is -2.08. The lowest BCUT2D eigenvalue weighted by atomic mass is 10.2. The highest BCUT2D eigenvalue weighted by Gasteiger charge is 2.12. The number of methoxy groups -OCH3 is 1. The van der Waals surface area contributed by atoms with Gasteiger partial charge >= 0.3 is 0 Å². The predicted octanol–water partition coefficient (Wildman–Crippen LogP) is 2.83. The summed E-state index contributed by atoms with van der Waals surface area (Å²) in [6, 6.07) is 2.97. The van der Waals surface area contributed by atoms with E-state index in [0.29, 0.717) is 30.5 Å². The Bertz CT molecular complexity index is 610. The number of halogens is 1. The number of nitrogens with zero attached hydrogens (tertiary/aromatic N) is 2. The van der Waals surface area contributed by atoms with Gasteiger partial charge in [-0.05, 0) is 12.3 Å². The maximum atomic E-state index is 13.7. The van der Waals surface area contributed by atoms with Crippen LogP contribution >= 0.6 is 0 Å². The number of hydrogen-bond donors (Lipinski definition) is 1. The van der Waals surface area contributed by atoms with E-state index in [0.717, 1.165) is 18.5 Å². The van der Waals surface area contributed by atoms with Gasteiger partial charge < -0.3 is 19.8 Å². The summed E-state index contributed by atoms with van der Waals surface area (Å²) in [4.78, 5) is 4.18. The van der Waals surface area contributed by atoms with Crippen LogP contribution in [0.1, 0.15) is 20.3 Å². The molecule has 1 aromatic carbocycles. The van der Waals surface area contributed by atoms with Crippen molar-refractivity contribution < 1.29 is 13.9 Å². The van der Waals surface area contributed by atoms with Gasteiger partial charge in [-0.25, -0.2) is 9.37 Å². The van der Waals surface area contributed by atoms with Crippen molar-refractivity contribution in [3.63, 3.8) is 0 Å². The predicted molar refractivity (Wildman–Crippen MR) is 80.9 cm³/mol. The average molecular weight is 295 g/mol. The zero-order valence-corrected chi connectivity index (χ0v) is 12.7. The van der Waals surface area contributed by atoms with E-state index in [1.807, 2.05) is 4.57 Å². The van der Waals surface area contributed by atoms with E-state index in [2.05, 4.69) is 18.8 Å². The van der Waals surface area contributed by atoms with Crippen LogP contribution in [0.15, 0.2) is 12.1 Å². The Morgan fingerprint density at radius 3 is 2.81 bits per heavy atom. The fourth-order valence-corrected chi connectivity index (χ4v) is 2.18. The Labute approximate surface area is 123 Å². The van der Waals surface area contributed by atoms with Gasteiger partial charge in [0.25, 0.3) is 0 Å². The van der Waals surface area contributed by atoms with E-state index in [9.17, 15) is 4.39 Å². The molecule has 0 bridgehead atoms. The molecule has 2 aromatic rings. The minimum atomic E-state index is -0.435. The summed E-state index contributed by atoms with van der Waals surface area (Å²) in [5, 5.41) is 0. The summed E-state index contributed by atoms with van der Waals surface area (Å²) in [7, 11) is 1.44. The van der Waals surface area contributed by atoms with Gasteiger partial charge in [0.05, 0.1) is 18.1 Å². The van der Waals surface area contributed by atoms with Crippen molar-refractivity contribution in [2.75, 3.05) is 26.1 Å². The number of ether oxygens (including phenoxy) is 2. The number of imidazole rings is 1. The molecule has 116 valence electrons. The van der Waals surface area contributed by atoms with Gasteiger partial charge in [0.2, 0.25) is 5.95 Å². The normalized spacial score (nSPS) is 11.5. The van der Waals surface area contributed by atoms with E-state index in [1.54, 1.807) is 6.07 Å². The van der Waals surface area contributed by atoms with Crippen LogP contribution in [-0.2, 0) is 11.3 Å². The Morgan fingerprint density at radius 1 is 1.38 bits per heavy atom. The maximum absolute atomic E-state index is 13.7. The molecule has 6 heteroatoms. The van der Waals surface area contributed by atoms with Crippen LogP contribution in [0.3, 0.4) is 0 Å². The minimum Gasteiger partial charge on any atom is -0.494 e. The Balaban J connectivity index is 2.10. The molecule has 1 aromatic heterocycles. The summed E-state index contributed by atoms with van der Waals surface area (Å²) >= 11 is 0. The fourth-order valence-electron chi connectivity index (χ4n) is 2.18. The second-order valence-electron chi connectivity index (χ2n) is 5.42. The molecular formula is C15H22FN3O2. The first-order chi connectivity index (χ1) is 10.0. The lowest BCUT2D eigenvalue weighted by molar-refractivity contribution is 0.105. The van der Waals surface area contributed by atoms with Crippen LogP contribution in [0, 0.1) is 11.7 Å². The van der Waals surface area contributed by atoms with Crippen molar-refractivity contribution in [3.8, 4) is 5.75 Å². The van der Waals surface area contributed by atoms with Gasteiger partial charge in [-0.15, -0.1) is 0 Å². The maximum Gasteiger partial charge on any atom is 0.201 e. The molecule has 2 rings (SSSR count). The summed E-state index contributed by atoms with van der Waals surface area (Å²) in [6.07, 6.45) is 0.821. The molecule has 0 saturated carbocycles. The second-order valence-corrected chi connectivity index (χ2v) is 5.42. The van der Waals surface area contributed by atoms with Gasteiger partial charge in [-0.3, -0.25) is 0 Å². The van der Waals surface area contributed by atoms with Crippen LogP contribution in [-0.4, -0.2) is 29.9 Å². The third-order valence-corrected chi connectivity index (χ3v) is 3.17. The summed E-state index contributed by atoms with van der Waals surface area (Å²) in [6.45, 7) is 6.31. The van der Waals surface area contributed by atoms with Crippen molar-refractivity contribution in [3.05, 3.63) is 17.9 Å². The molecule has 21 heavy (non-hydrogen) atoms. The molecule has 0 radical (unpaired) electrons. The minimum absolute atomic E-state index is 0.194. The van der Waals surface area contributed by atoms with Crippen LogP contribution in [0.5, 0.6) is 5.75 Å². The molecule has 1 heterocycles. The molecule has 0 unspecified atom stereocenters. The summed E-state index contributed by atoms with van der Waals surface area (Å²) in [5.41, 5.74) is 7.21. The van der Waals surface area contributed by atoms with Gasteiger partial charge in [0.15, 0.2) is 11.6 Å². The molecule has 0 spiro atoms. The number of aromatic nitrogens is 2. The zero-order valence-electron chi connectivity index (χ0n) is 12.7. The highest BCUT2D eigenvalue weighted by atomic mass is 19.1. The largest absolute Gasteiger partial charge is 0.494 e. The molecule has 0 saturated heterocycles. The number of fused-ring (bicyclic) bond motifs is 1. The highest BCUT2D eigenvalue weighted by Crippen LogP contribution is 2.26. The van der Waals surface area contributed by atoms with E-state index in [-0.39, 0.29) is 5.75 Å². The monoisotopic (exact) mass is 295 g/mol. The Hall–Kier alpha value is -1.82. The second kappa shape index (κ2) is 6.76. The van der Waals surface area contributed by atoms with Crippen LogP contribution in [0.2, 0.25) is 0 Å². The molecule has 0 amide bonds. The van der Waals surface area contributed by atoms with Gasteiger partial charge in [0.1, 0.15) is 0 Å². The standard InChI is InChI=1S/C15H22FN3O2/c1-10(2)9-21-6-4-5-19-13-8-14(20-3)11(16)7-12(13)18-15(19)17/h7-8,10H,4-6,9H2,1-3H3,(H2,17,18). The van der Waals surface area contributed by atoms with Crippen LogP contribution < -0.4 is 10.5 Å². The molecule has 0 aliphatic rings. The van der Waals surface area contributed by atoms with Gasteiger partial charge in [-0.2, -0.15) is 0 Å². The number of hydrogen-bond acceptors (Lipinski definition) is 4. The quantitative estimate of drug-likeness (QED) is 0.798. The van der Waals surface area contributed by atoms with Crippen molar-refractivity contribution in [1.82, 2.24) is 9.55 Å². The summed E-state index contributed by atoms with van der Waals surface area (Å²) < 4.78 is 26.1. The third-order valence-electron chi connectivity index (χ3n) is 3.17. The first kappa shape index (κ1) is 15.6. The first-order valence-electron chi connectivity index (χ1n) is 7.10. The number of benzene rings is 1. The highest BCUT2D eigenvalue weighted by molar-refractivity contribution is 5.80.